The lowest BCUT2D eigenvalue weighted by Gasteiger charge is -2.28. The molecular weight excluding hydrogens is 608 g/mol. The molecule has 2 N–H and O–H groups in total. The van der Waals surface area contributed by atoms with E-state index < -0.39 is 17.4 Å². The Morgan fingerprint density at radius 1 is 0.875 bits per heavy atom. The van der Waals surface area contributed by atoms with Gasteiger partial charge >= 0.3 is 17.9 Å². The molecule has 4 unspecified atom stereocenters. The quantitative estimate of drug-likeness (QED) is 0.0422. The topological polar surface area (TPSA) is 119 Å². The number of rotatable bonds is 24. The van der Waals surface area contributed by atoms with Crippen molar-refractivity contribution in [2.45, 2.75) is 122 Å². The Balaban J connectivity index is 1.72. The van der Waals surface area contributed by atoms with Crippen molar-refractivity contribution in [1.82, 2.24) is 0 Å². The molecular formula is C40H56O8. The summed E-state index contributed by atoms with van der Waals surface area (Å²) in [7, 11) is 0. The highest BCUT2D eigenvalue weighted by atomic mass is 16.6. The molecule has 4 atom stereocenters. The van der Waals surface area contributed by atoms with Crippen molar-refractivity contribution in [3.63, 3.8) is 0 Å². The van der Waals surface area contributed by atoms with E-state index in [-0.39, 0.29) is 63.2 Å². The van der Waals surface area contributed by atoms with Crippen LogP contribution < -0.4 is 0 Å². The maximum absolute atomic E-state index is 12.5. The zero-order valence-electron chi connectivity index (χ0n) is 28.8. The molecule has 1 saturated carbocycles. The lowest BCUT2D eigenvalue weighted by atomic mass is 9.86. The summed E-state index contributed by atoms with van der Waals surface area (Å²) in [4.78, 5) is 36.8. The average molecular weight is 665 g/mol. The molecule has 0 aliphatic heterocycles. The monoisotopic (exact) mass is 664 g/mol. The van der Waals surface area contributed by atoms with Gasteiger partial charge < -0.3 is 24.4 Å². The largest absolute Gasteiger partial charge is 0.465 e. The minimum absolute atomic E-state index is 0.0706. The number of carbonyl (C=O) groups excluding carboxylic acids is 3. The summed E-state index contributed by atoms with van der Waals surface area (Å²) in [6.45, 7) is 1.52. The van der Waals surface area contributed by atoms with Crippen LogP contribution in [-0.2, 0) is 35.0 Å². The lowest BCUT2D eigenvalue weighted by molar-refractivity contribution is -0.160. The third-order valence-electron chi connectivity index (χ3n) is 8.89. The van der Waals surface area contributed by atoms with Gasteiger partial charge in [0.05, 0.1) is 17.6 Å². The Kier molecular flexibility index (Phi) is 20.0. The number of aliphatic hydroxyl groups excluding tert-OH is 2. The van der Waals surface area contributed by atoms with Crippen molar-refractivity contribution in [3.05, 3.63) is 48.0 Å². The van der Waals surface area contributed by atoms with E-state index in [0.717, 1.165) is 44.9 Å². The normalized spacial score (nSPS) is 18.1. The van der Waals surface area contributed by atoms with Gasteiger partial charge in [0.25, 0.3) is 0 Å². The standard InChI is InChI=1S/C40H56O8/c1-4-6-11-20-37(43)46-29-40(3,30-47-38(44)21-12-7-5-2)31-48-39(45)22-16-9-8-15-19-35-33(25-28-36(35)42)24-27-34(41)26-23-32-17-13-10-14-18-32/h1-2,8,10,13-15,17-18,33-36,41-42H,6-7,9,11-12,16,19-31H2,3H3. The van der Waals surface area contributed by atoms with E-state index in [9.17, 15) is 24.6 Å². The molecule has 1 aliphatic rings. The van der Waals surface area contributed by atoms with Gasteiger partial charge in [-0.05, 0) is 95.0 Å². The maximum atomic E-state index is 12.5. The highest BCUT2D eigenvalue weighted by Gasteiger charge is 2.34. The van der Waals surface area contributed by atoms with Crippen LogP contribution in [0, 0.1) is 41.9 Å². The van der Waals surface area contributed by atoms with Gasteiger partial charge in [0.2, 0.25) is 0 Å². The van der Waals surface area contributed by atoms with Gasteiger partial charge in [-0.15, -0.1) is 24.7 Å². The number of allylic oxidation sites excluding steroid dienone is 2. The molecule has 48 heavy (non-hydrogen) atoms. The highest BCUT2D eigenvalue weighted by molar-refractivity contribution is 5.70. The molecule has 0 bridgehead atoms. The van der Waals surface area contributed by atoms with E-state index >= 15 is 0 Å². The summed E-state index contributed by atoms with van der Waals surface area (Å²) in [6, 6.07) is 10.2. The molecule has 264 valence electrons. The van der Waals surface area contributed by atoms with Crippen LogP contribution in [0.4, 0.5) is 0 Å². The van der Waals surface area contributed by atoms with Crippen molar-refractivity contribution in [2.75, 3.05) is 19.8 Å². The summed E-state index contributed by atoms with van der Waals surface area (Å²) in [5, 5.41) is 21.1. The first kappa shape index (κ1) is 40.6. The van der Waals surface area contributed by atoms with Crippen LogP contribution in [0.3, 0.4) is 0 Å². The SMILES string of the molecule is C#CCCCC(=O)OCC(C)(COC(=O)CCCC#C)COC(=O)CCCC=CCC1C(O)CCC1CCC(O)CCc1ccccc1. The Morgan fingerprint density at radius 3 is 2.00 bits per heavy atom. The molecule has 1 aliphatic carbocycles. The van der Waals surface area contributed by atoms with E-state index in [1.54, 1.807) is 6.92 Å². The molecule has 8 nitrogen and oxygen atoms in total. The Bertz CT molecular complexity index is 1160. The van der Waals surface area contributed by atoms with E-state index in [0.29, 0.717) is 44.4 Å². The number of aliphatic hydroxyl groups is 2. The molecule has 0 heterocycles. The van der Waals surface area contributed by atoms with Gasteiger partial charge in [-0.1, -0.05) is 42.5 Å². The second kappa shape index (κ2) is 23.7. The molecule has 1 fully saturated rings. The second-order valence-electron chi connectivity index (χ2n) is 13.3. The third kappa shape index (κ3) is 17.5. The number of terminal acetylenes is 2. The first-order valence-electron chi connectivity index (χ1n) is 17.5. The molecule has 0 amide bonds. The van der Waals surface area contributed by atoms with E-state index in [2.05, 4.69) is 30.0 Å². The minimum atomic E-state index is -0.907. The predicted octanol–water partition coefficient (Wildman–Crippen LogP) is 6.51. The number of hydrogen-bond donors (Lipinski definition) is 2. The summed E-state index contributed by atoms with van der Waals surface area (Å²) in [5.41, 5.74) is 0.328. The predicted molar refractivity (Wildman–Crippen MR) is 186 cm³/mol. The number of unbranched alkanes of at least 4 members (excludes halogenated alkanes) is 3. The van der Waals surface area contributed by atoms with Crippen LogP contribution in [0.5, 0.6) is 0 Å². The Hall–Kier alpha value is -3.59. The number of benzene rings is 1. The fourth-order valence-corrected chi connectivity index (χ4v) is 5.87. The fourth-order valence-electron chi connectivity index (χ4n) is 5.87. The van der Waals surface area contributed by atoms with Crippen LogP contribution >= 0.6 is 0 Å². The zero-order valence-corrected chi connectivity index (χ0v) is 28.8. The first-order chi connectivity index (χ1) is 23.2. The van der Waals surface area contributed by atoms with Crippen molar-refractivity contribution in [3.8, 4) is 24.7 Å². The van der Waals surface area contributed by atoms with Gasteiger partial charge in [-0.2, -0.15) is 0 Å². The molecule has 0 saturated heterocycles. The number of ether oxygens (including phenoxy) is 3. The van der Waals surface area contributed by atoms with Crippen molar-refractivity contribution in [2.24, 2.45) is 17.3 Å². The van der Waals surface area contributed by atoms with Gasteiger partial charge in [0.1, 0.15) is 19.8 Å². The van der Waals surface area contributed by atoms with Gasteiger partial charge in [-0.3, -0.25) is 14.4 Å². The Morgan fingerprint density at radius 2 is 1.44 bits per heavy atom. The number of esters is 3. The smallest absolute Gasteiger partial charge is 0.305 e. The van der Waals surface area contributed by atoms with E-state index in [1.165, 1.54) is 5.56 Å². The van der Waals surface area contributed by atoms with Crippen LogP contribution in [0.25, 0.3) is 0 Å². The van der Waals surface area contributed by atoms with Crippen molar-refractivity contribution < 1.29 is 38.8 Å². The minimum Gasteiger partial charge on any atom is -0.465 e. The molecule has 2 rings (SSSR count). The first-order valence-corrected chi connectivity index (χ1v) is 17.5. The fraction of sp³-hybridized carbons (Fsp3) is 0.625. The highest BCUT2D eigenvalue weighted by Crippen LogP contribution is 2.38. The summed E-state index contributed by atoms with van der Waals surface area (Å²) in [5.74, 6) is 4.34. The van der Waals surface area contributed by atoms with Crippen molar-refractivity contribution in [1.29, 1.82) is 0 Å². The summed E-state index contributed by atoms with van der Waals surface area (Å²) < 4.78 is 16.3. The summed E-state index contributed by atoms with van der Waals surface area (Å²) in [6.07, 6.45) is 23.6. The molecule has 1 aromatic carbocycles. The third-order valence-corrected chi connectivity index (χ3v) is 8.89. The average Bonchev–Trinajstić information content (AvgIpc) is 3.44. The van der Waals surface area contributed by atoms with Gasteiger partial charge in [0.15, 0.2) is 0 Å². The number of carbonyl (C=O) groups is 3. The molecule has 0 spiro atoms. The Labute approximate surface area is 288 Å². The van der Waals surface area contributed by atoms with E-state index in [1.807, 2.05) is 24.3 Å². The molecule has 8 heteroatoms. The van der Waals surface area contributed by atoms with Gasteiger partial charge in [-0.25, -0.2) is 0 Å². The zero-order chi connectivity index (χ0) is 35.0. The van der Waals surface area contributed by atoms with E-state index in [4.69, 9.17) is 27.1 Å². The van der Waals surface area contributed by atoms with Crippen LogP contribution in [-0.4, -0.2) is 60.1 Å². The lowest BCUT2D eigenvalue weighted by Crippen LogP contribution is -2.37. The number of hydrogen-bond acceptors (Lipinski definition) is 8. The van der Waals surface area contributed by atoms with Crippen molar-refractivity contribution >= 4 is 17.9 Å². The van der Waals surface area contributed by atoms with Crippen LogP contribution in [0.15, 0.2) is 42.5 Å². The molecule has 0 aromatic heterocycles. The van der Waals surface area contributed by atoms with Crippen LogP contribution in [0.1, 0.15) is 109 Å². The molecule has 0 radical (unpaired) electrons. The summed E-state index contributed by atoms with van der Waals surface area (Å²) >= 11 is 0. The molecule has 1 aromatic rings. The number of aryl methyl sites for hydroxylation is 1. The second-order valence-corrected chi connectivity index (χ2v) is 13.3. The van der Waals surface area contributed by atoms with Crippen LogP contribution in [0.2, 0.25) is 0 Å². The maximum Gasteiger partial charge on any atom is 0.305 e. The van der Waals surface area contributed by atoms with Gasteiger partial charge in [0, 0.05) is 32.1 Å².